The molecule has 2 heterocycles. The summed E-state index contributed by atoms with van der Waals surface area (Å²) in [7, 11) is 0. The molecule has 1 unspecified atom stereocenters. The number of pyridine rings is 1. The van der Waals surface area contributed by atoms with Crippen molar-refractivity contribution in [3.8, 4) is 0 Å². The van der Waals surface area contributed by atoms with Crippen LogP contribution in [0.25, 0.3) is 10.2 Å². The Morgan fingerprint density at radius 2 is 2.11 bits per heavy atom. The lowest BCUT2D eigenvalue weighted by Gasteiger charge is -2.09. The molecule has 0 aliphatic rings. The number of hydrogen-bond acceptors (Lipinski definition) is 4. The molecular weight excluding hydrogens is 254 g/mol. The van der Waals surface area contributed by atoms with Crippen LogP contribution in [-0.4, -0.2) is 9.97 Å². The molecule has 2 N–H and O–H groups in total. The van der Waals surface area contributed by atoms with Crippen LogP contribution in [0, 0.1) is 6.92 Å². The van der Waals surface area contributed by atoms with E-state index >= 15 is 0 Å². The van der Waals surface area contributed by atoms with Gasteiger partial charge in [-0.15, -0.1) is 11.3 Å². The van der Waals surface area contributed by atoms with Crippen LogP contribution in [-0.2, 0) is 6.42 Å². The summed E-state index contributed by atoms with van der Waals surface area (Å²) in [4.78, 5) is 8.95. The highest BCUT2D eigenvalue weighted by Gasteiger charge is 2.12. The molecule has 0 fully saturated rings. The van der Waals surface area contributed by atoms with Gasteiger partial charge in [-0.3, -0.25) is 4.98 Å². The quantitative estimate of drug-likeness (QED) is 0.794. The molecule has 1 atom stereocenters. The minimum absolute atomic E-state index is 0.0968. The summed E-state index contributed by atoms with van der Waals surface area (Å²) in [6.07, 6.45) is 2.54. The number of nitrogens with zero attached hydrogens (tertiary/aromatic N) is 2. The molecule has 1 aromatic carbocycles. The first-order chi connectivity index (χ1) is 9.22. The van der Waals surface area contributed by atoms with Crippen LogP contribution in [0.1, 0.15) is 22.3 Å². The Kier molecular flexibility index (Phi) is 3.27. The van der Waals surface area contributed by atoms with Crippen molar-refractivity contribution in [1.82, 2.24) is 9.97 Å². The monoisotopic (exact) mass is 269 g/mol. The molecule has 4 heteroatoms. The Balaban J connectivity index is 1.84. The third-order valence-electron chi connectivity index (χ3n) is 3.05. The van der Waals surface area contributed by atoms with Gasteiger partial charge in [-0.05, 0) is 36.8 Å². The average molecular weight is 269 g/mol. The highest BCUT2D eigenvalue weighted by molar-refractivity contribution is 7.18. The zero-order valence-electron chi connectivity index (χ0n) is 10.7. The molecular formula is C15H15N3S. The van der Waals surface area contributed by atoms with Crippen LogP contribution in [0.5, 0.6) is 0 Å². The van der Waals surface area contributed by atoms with Crippen LogP contribution < -0.4 is 5.73 Å². The lowest BCUT2D eigenvalue weighted by molar-refractivity contribution is 0.693. The fourth-order valence-corrected chi connectivity index (χ4v) is 3.09. The lowest BCUT2D eigenvalue weighted by Crippen LogP contribution is -2.14. The molecule has 0 radical (unpaired) electrons. The Bertz CT molecular complexity index is 672. The number of rotatable bonds is 3. The Labute approximate surface area is 116 Å². The Morgan fingerprint density at radius 3 is 2.89 bits per heavy atom. The van der Waals surface area contributed by atoms with Crippen molar-refractivity contribution < 1.29 is 0 Å². The standard InChI is InChI=1S/C15H15N3S/c1-10-6-7-17-13(8-10)11(16)9-15-18-12-4-2-3-5-14(12)19-15/h2-8,11H,9,16H2,1H3. The fourth-order valence-electron chi connectivity index (χ4n) is 2.06. The van der Waals surface area contributed by atoms with Gasteiger partial charge in [-0.2, -0.15) is 0 Å². The number of fused-ring (bicyclic) bond motifs is 1. The van der Waals surface area contributed by atoms with Gasteiger partial charge in [0.2, 0.25) is 0 Å². The average Bonchev–Trinajstić information content (AvgIpc) is 2.80. The lowest BCUT2D eigenvalue weighted by atomic mass is 10.1. The van der Waals surface area contributed by atoms with Crippen LogP contribution >= 0.6 is 11.3 Å². The number of aryl methyl sites for hydroxylation is 1. The summed E-state index contributed by atoms with van der Waals surface area (Å²) < 4.78 is 1.21. The molecule has 3 rings (SSSR count). The van der Waals surface area contributed by atoms with Crippen LogP contribution in [0.2, 0.25) is 0 Å². The van der Waals surface area contributed by atoms with E-state index in [9.17, 15) is 0 Å². The summed E-state index contributed by atoms with van der Waals surface area (Å²) in [5.41, 5.74) is 9.38. The van der Waals surface area contributed by atoms with Crippen molar-refractivity contribution in [3.05, 3.63) is 58.9 Å². The zero-order valence-corrected chi connectivity index (χ0v) is 11.5. The third-order valence-corrected chi connectivity index (χ3v) is 4.11. The van der Waals surface area contributed by atoms with E-state index in [4.69, 9.17) is 5.73 Å². The van der Waals surface area contributed by atoms with Gasteiger partial charge in [-0.25, -0.2) is 4.98 Å². The first-order valence-electron chi connectivity index (χ1n) is 6.25. The largest absolute Gasteiger partial charge is 0.322 e. The van der Waals surface area contributed by atoms with E-state index in [0.29, 0.717) is 0 Å². The fraction of sp³-hybridized carbons (Fsp3) is 0.200. The highest BCUT2D eigenvalue weighted by Crippen LogP contribution is 2.24. The normalized spacial score (nSPS) is 12.7. The summed E-state index contributed by atoms with van der Waals surface area (Å²) in [5.74, 6) is 0. The van der Waals surface area contributed by atoms with E-state index in [2.05, 4.69) is 23.0 Å². The van der Waals surface area contributed by atoms with Gasteiger partial charge in [0, 0.05) is 12.6 Å². The summed E-state index contributed by atoms with van der Waals surface area (Å²) in [5, 5.41) is 1.07. The second-order valence-corrected chi connectivity index (χ2v) is 5.76. The van der Waals surface area contributed by atoms with E-state index in [1.165, 1.54) is 10.3 Å². The van der Waals surface area contributed by atoms with Gasteiger partial charge in [0.1, 0.15) is 0 Å². The van der Waals surface area contributed by atoms with Gasteiger partial charge in [0.05, 0.1) is 27.0 Å². The van der Waals surface area contributed by atoms with Crippen molar-refractivity contribution in [2.24, 2.45) is 5.73 Å². The van der Waals surface area contributed by atoms with Crippen molar-refractivity contribution in [1.29, 1.82) is 0 Å². The second kappa shape index (κ2) is 5.07. The molecule has 0 saturated carbocycles. The maximum atomic E-state index is 6.22. The number of hydrogen-bond donors (Lipinski definition) is 1. The number of thiazole rings is 1. The van der Waals surface area contributed by atoms with Crippen LogP contribution in [0.4, 0.5) is 0 Å². The minimum atomic E-state index is -0.0968. The maximum absolute atomic E-state index is 6.22. The van der Waals surface area contributed by atoms with Gasteiger partial charge < -0.3 is 5.73 Å². The predicted molar refractivity (Wildman–Crippen MR) is 79.2 cm³/mol. The minimum Gasteiger partial charge on any atom is -0.322 e. The molecule has 0 spiro atoms. The van der Waals surface area contributed by atoms with Gasteiger partial charge in [0.25, 0.3) is 0 Å². The first kappa shape index (κ1) is 12.3. The Hall–Kier alpha value is -1.78. The molecule has 19 heavy (non-hydrogen) atoms. The van der Waals surface area contributed by atoms with E-state index in [-0.39, 0.29) is 6.04 Å². The highest BCUT2D eigenvalue weighted by atomic mass is 32.1. The number of para-hydroxylation sites is 1. The third kappa shape index (κ3) is 2.64. The summed E-state index contributed by atoms with van der Waals surface area (Å²) >= 11 is 1.71. The summed E-state index contributed by atoms with van der Waals surface area (Å²) in [6, 6.07) is 12.1. The topological polar surface area (TPSA) is 51.8 Å². The van der Waals surface area contributed by atoms with E-state index in [1.54, 1.807) is 11.3 Å². The maximum Gasteiger partial charge on any atom is 0.0958 e. The van der Waals surface area contributed by atoms with Crippen molar-refractivity contribution >= 4 is 21.6 Å². The van der Waals surface area contributed by atoms with Crippen LogP contribution in [0.15, 0.2) is 42.6 Å². The SMILES string of the molecule is Cc1ccnc(C(N)Cc2nc3ccccc3s2)c1. The van der Waals surface area contributed by atoms with Crippen molar-refractivity contribution in [2.45, 2.75) is 19.4 Å². The predicted octanol–water partition coefficient (Wildman–Crippen LogP) is 3.24. The molecule has 0 aliphatic heterocycles. The van der Waals surface area contributed by atoms with Crippen LogP contribution in [0.3, 0.4) is 0 Å². The van der Waals surface area contributed by atoms with E-state index < -0.39 is 0 Å². The number of nitrogens with two attached hydrogens (primary N) is 1. The smallest absolute Gasteiger partial charge is 0.0958 e. The second-order valence-electron chi connectivity index (χ2n) is 4.64. The van der Waals surface area contributed by atoms with Gasteiger partial charge in [-0.1, -0.05) is 12.1 Å². The first-order valence-corrected chi connectivity index (χ1v) is 7.06. The zero-order chi connectivity index (χ0) is 13.2. The number of aromatic nitrogens is 2. The molecule has 2 aromatic heterocycles. The molecule has 0 saturated heterocycles. The molecule has 0 aliphatic carbocycles. The molecule has 0 bridgehead atoms. The molecule has 0 amide bonds. The van der Waals surface area contributed by atoms with Crippen molar-refractivity contribution in [2.75, 3.05) is 0 Å². The molecule has 3 aromatic rings. The molecule has 3 nitrogen and oxygen atoms in total. The van der Waals surface area contributed by atoms with Crippen molar-refractivity contribution in [3.63, 3.8) is 0 Å². The molecule has 96 valence electrons. The van der Waals surface area contributed by atoms with E-state index in [1.807, 2.05) is 36.5 Å². The van der Waals surface area contributed by atoms with Gasteiger partial charge in [0.15, 0.2) is 0 Å². The summed E-state index contributed by atoms with van der Waals surface area (Å²) in [6.45, 7) is 2.05. The van der Waals surface area contributed by atoms with E-state index in [0.717, 1.165) is 22.6 Å². The number of benzene rings is 1. The van der Waals surface area contributed by atoms with Gasteiger partial charge >= 0.3 is 0 Å². The Morgan fingerprint density at radius 1 is 1.26 bits per heavy atom.